The van der Waals surface area contributed by atoms with Crippen LogP contribution in [0.3, 0.4) is 0 Å². The second-order valence-corrected chi connectivity index (χ2v) is 4.97. The molecule has 0 bridgehead atoms. The molecule has 4 rings (SSSR count). The number of aromatic nitrogens is 3. The molecule has 2 amide bonds. The Morgan fingerprint density at radius 3 is 2.48 bits per heavy atom. The van der Waals surface area contributed by atoms with Gasteiger partial charge in [-0.2, -0.15) is 5.01 Å². The van der Waals surface area contributed by atoms with Gasteiger partial charge in [0.2, 0.25) is 0 Å². The fourth-order valence-corrected chi connectivity index (χ4v) is 2.76. The molecule has 0 spiro atoms. The van der Waals surface area contributed by atoms with Crippen LogP contribution in [0.25, 0.3) is 10.8 Å². The van der Waals surface area contributed by atoms with Crippen molar-refractivity contribution in [2.75, 3.05) is 5.01 Å². The van der Waals surface area contributed by atoms with Gasteiger partial charge in [-0.15, -0.1) is 9.89 Å². The molecule has 1 aromatic heterocycles. The predicted molar refractivity (Wildman–Crippen MR) is 75.9 cm³/mol. The van der Waals surface area contributed by atoms with Gasteiger partial charge < -0.3 is 0 Å². The summed E-state index contributed by atoms with van der Waals surface area (Å²) in [4.78, 5) is 30.1. The van der Waals surface area contributed by atoms with Gasteiger partial charge in [0.1, 0.15) is 12.7 Å². The summed E-state index contributed by atoms with van der Waals surface area (Å²) in [7, 11) is 0. The maximum Gasteiger partial charge on any atom is 0.282 e. The van der Waals surface area contributed by atoms with E-state index in [9.17, 15) is 9.59 Å². The Labute approximate surface area is 123 Å². The van der Waals surface area contributed by atoms with E-state index in [1.54, 1.807) is 30.3 Å². The lowest BCUT2D eigenvalue weighted by Crippen LogP contribution is -2.48. The van der Waals surface area contributed by atoms with Crippen LogP contribution >= 0.6 is 11.6 Å². The monoisotopic (exact) mass is 298 g/mol. The van der Waals surface area contributed by atoms with Gasteiger partial charge >= 0.3 is 0 Å². The zero-order valence-corrected chi connectivity index (χ0v) is 11.3. The van der Waals surface area contributed by atoms with Crippen LogP contribution in [0.2, 0.25) is 5.02 Å². The fraction of sp³-hybridized carbons (Fsp3) is 0. The van der Waals surface area contributed by atoms with E-state index in [1.807, 2.05) is 0 Å². The Balaban J connectivity index is 2.07. The number of amides is 2. The number of imide groups is 1. The van der Waals surface area contributed by atoms with Crippen LogP contribution in [0.4, 0.5) is 0 Å². The molecule has 6 nitrogen and oxygen atoms in total. The molecular weight excluding hydrogens is 292 g/mol. The Bertz CT molecular complexity index is 882. The molecule has 0 saturated carbocycles. The molecule has 0 aliphatic carbocycles. The summed E-state index contributed by atoms with van der Waals surface area (Å²) in [6.45, 7) is 0. The highest BCUT2D eigenvalue weighted by Gasteiger charge is 2.35. The molecule has 3 aromatic rings. The molecule has 0 saturated heterocycles. The summed E-state index contributed by atoms with van der Waals surface area (Å²) < 4.78 is 0. The van der Waals surface area contributed by atoms with Gasteiger partial charge in [0.05, 0.1) is 11.1 Å². The molecular formula is C14H7ClN4O2. The molecule has 0 atom stereocenters. The summed E-state index contributed by atoms with van der Waals surface area (Å²) >= 11 is 6.15. The molecule has 2 aromatic carbocycles. The lowest BCUT2D eigenvalue weighted by Gasteiger charge is -2.26. The van der Waals surface area contributed by atoms with Crippen molar-refractivity contribution >= 4 is 34.2 Å². The van der Waals surface area contributed by atoms with Crippen LogP contribution in [0, 0.1) is 0 Å². The van der Waals surface area contributed by atoms with E-state index in [2.05, 4.69) is 10.1 Å². The van der Waals surface area contributed by atoms with Crippen LogP contribution in [0.5, 0.6) is 0 Å². The average Bonchev–Trinajstić information content (AvgIpc) is 3.00. The SMILES string of the molecule is O=C1c2cccc3c(Cl)ccc(c23)C(=O)N1n1cncn1. The van der Waals surface area contributed by atoms with Crippen LogP contribution in [0.15, 0.2) is 43.0 Å². The second kappa shape index (κ2) is 4.13. The molecule has 2 heterocycles. The van der Waals surface area contributed by atoms with Crippen LogP contribution in [-0.2, 0) is 0 Å². The standard InChI is InChI=1S/C14H7ClN4O2/c15-11-5-4-10-12-8(11)2-1-3-9(12)13(20)19(14(10)21)18-7-16-6-17-18/h1-7H. The highest BCUT2D eigenvalue weighted by atomic mass is 35.5. The number of rotatable bonds is 1. The summed E-state index contributed by atoms with van der Waals surface area (Å²) in [5.41, 5.74) is 0.834. The van der Waals surface area contributed by atoms with E-state index >= 15 is 0 Å². The van der Waals surface area contributed by atoms with Crippen LogP contribution in [-0.4, -0.2) is 26.7 Å². The zero-order valence-electron chi connectivity index (χ0n) is 10.5. The van der Waals surface area contributed by atoms with E-state index < -0.39 is 11.8 Å². The first-order valence-corrected chi connectivity index (χ1v) is 6.51. The van der Waals surface area contributed by atoms with Gasteiger partial charge in [-0.05, 0) is 18.2 Å². The second-order valence-electron chi connectivity index (χ2n) is 4.56. The first kappa shape index (κ1) is 12.0. The van der Waals surface area contributed by atoms with E-state index in [1.165, 1.54) is 12.7 Å². The Hall–Kier alpha value is -2.73. The van der Waals surface area contributed by atoms with Crippen molar-refractivity contribution < 1.29 is 9.59 Å². The van der Waals surface area contributed by atoms with Crippen LogP contribution < -0.4 is 5.01 Å². The highest BCUT2D eigenvalue weighted by Crippen LogP contribution is 2.33. The quantitative estimate of drug-likeness (QED) is 0.645. The third kappa shape index (κ3) is 1.53. The molecule has 0 N–H and O–H groups in total. The zero-order chi connectivity index (χ0) is 14.6. The molecule has 0 radical (unpaired) electrons. The molecule has 102 valence electrons. The number of carbonyl (C=O) groups is 2. The van der Waals surface area contributed by atoms with E-state index in [-0.39, 0.29) is 0 Å². The van der Waals surface area contributed by atoms with Crippen molar-refractivity contribution in [1.82, 2.24) is 14.9 Å². The molecule has 7 heteroatoms. The number of benzene rings is 2. The van der Waals surface area contributed by atoms with Crippen molar-refractivity contribution in [3.63, 3.8) is 0 Å². The van der Waals surface area contributed by atoms with Gasteiger partial charge in [-0.3, -0.25) is 9.59 Å². The fourth-order valence-electron chi connectivity index (χ4n) is 2.54. The third-order valence-electron chi connectivity index (χ3n) is 3.44. The minimum atomic E-state index is -0.453. The highest BCUT2D eigenvalue weighted by molar-refractivity contribution is 6.39. The molecule has 1 aliphatic rings. The third-order valence-corrected chi connectivity index (χ3v) is 3.77. The first-order chi connectivity index (χ1) is 10.2. The molecule has 1 aliphatic heterocycles. The summed E-state index contributed by atoms with van der Waals surface area (Å²) in [5, 5.41) is 6.59. The van der Waals surface area contributed by atoms with E-state index in [4.69, 9.17) is 11.6 Å². The minimum absolute atomic E-state index is 0.417. The summed E-state index contributed by atoms with van der Waals surface area (Å²) in [6.07, 6.45) is 2.56. The van der Waals surface area contributed by atoms with Gasteiger partial charge in [-0.25, -0.2) is 4.98 Å². The first-order valence-electron chi connectivity index (χ1n) is 6.13. The van der Waals surface area contributed by atoms with Crippen molar-refractivity contribution in [1.29, 1.82) is 0 Å². The number of nitrogens with zero attached hydrogens (tertiary/aromatic N) is 4. The van der Waals surface area contributed by atoms with E-state index in [0.717, 1.165) is 9.80 Å². The number of carbonyl (C=O) groups excluding carboxylic acids is 2. The van der Waals surface area contributed by atoms with Crippen molar-refractivity contribution in [2.45, 2.75) is 0 Å². The Kier molecular flexibility index (Phi) is 2.37. The summed E-state index contributed by atoms with van der Waals surface area (Å²) in [6, 6.07) is 8.46. The number of hydrogen-bond donors (Lipinski definition) is 0. The normalized spacial score (nSPS) is 14.0. The van der Waals surface area contributed by atoms with Crippen molar-refractivity contribution in [3.8, 4) is 0 Å². The Morgan fingerprint density at radius 2 is 1.76 bits per heavy atom. The molecule has 0 fully saturated rings. The smallest absolute Gasteiger partial charge is 0.267 e. The predicted octanol–water partition coefficient (Wildman–Crippen LogP) is 2.02. The summed E-state index contributed by atoms with van der Waals surface area (Å²) in [5.74, 6) is -0.906. The maximum absolute atomic E-state index is 12.6. The lowest BCUT2D eigenvalue weighted by molar-refractivity contribution is 0.0845. The topological polar surface area (TPSA) is 68.1 Å². The van der Waals surface area contributed by atoms with Crippen molar-refractivity contribution in [2.24, 2.45) is 0 Å². The van der Waals surface area contributed by atoms with E-state index in [0.29, 0.717) is 26.9 Å². The maximum atomic E-state index is 12.6. The van der Waals surface area contributed by atoms with Gasteiger partial charge in [0.25, 0.3) is 11.8 Å². The number of halogens is 1. The molecule has 21 heavy (non-hydrogen) atoms. The van der Waals surface area contributed by atoms with Gasteiger partial charge in [-0.1, -0.05) is 23.7 Å². The lowest BCUT2D eigenvalue weighted by atomic mass is 9.95. The molecule has 0 unspecified atom stereocenters. The number of hydrogen-bond acceptors (Lipinski definition) is 4. The minimum Gasteiger partial charge on any atom is -0.267 e. The Morgan fingerprint density at radius 1 is 1.00 bits per heavy atom. The van der Waals surface area contributed by atoms with Crippen LogP contribution in [0.1, 0.15) is 20.7 Å². The average molecular weight is 299 g/mol. The van der Waals surface area contributed by atoms with Gasteiger partial charge in [0, 0.05) is 15.8 Å². The van der Waals surface area contributed by atoms with Crippen molar-refractivity contribution in [3.05, 3.63) is 59.1 Å². The largest absolute Gasteiger partial charge is 0.282 e. The van der Waals surface area contributed by atoms with Gasteiger partial charge in [0.15, 0.2) is 0 Å².